The summed E-state index contributed by atoms with van der Waals surface area (Å²) in [6.45, 7) is -0.409. The Labute approximate surface area is 225 Å². The normalized spacial score (nSPS) is 19.1. The molecule has 1 N–H and O–H groups in total. The molecule has 2 heterocycles. The van der Waals surface area contributed by atoms with Crippen molar-refractivity contribution in [1.82, 2.24) is 15.3 Å². The minimum absolute atomic E-state index is 0.0349. The number of alkyl halides is 2. The highest BCUT2D eigenvalue weighted by Gasteiger charge is 2.49. The number of nitrogens with one attached hydrogen (secondary N) is 1. The molecule has 5 rings (SSSR count). The minimum atomic E-state index is -2.91. The monoisotopic (exact) mass is 559 g/mol. The van der Waals surface area contributed by atoms with E-state index in [2.05, 4.69) is 15.3 Å². The Kier molecular flexibility index (Phi) is 7.13. The number of aromatic nitrogens is 2. The molecule has 1 aliphatic heterocycles. The van der Waals surface area contributed by atoms with Crippen molar-refractivity contribution in [2.24, 2.45) is 0 Å². The predicted molar refractivity (Wildman–Crippen MR) is 134 cm³/mol. The van der Waals surface area contributed by atoms with E-state index in [0.29, 0.717) is 0 Å². The summed E-state index contributed by atoms with van der Waals surface area (Å²) in [7, 11) is 0. The van der Waals surface area contributed by atoms with Gasteiger partial charge in [-0.2, -0.15) is 0 Å². The molecule has 0 bridgehead atoms. The molecule has 3 aromatic rings. The van der Waals surface area contributed by atoms with E-state index < -0.39 is 67.2 Å². The fourth-order valence-electron chi connectivity index (χ4n) is 4.57. The average molecular weight is 560 g/mol. The van der Waals surface area contributed by atoms with Gasteiger partial charge in [0.05, 0.1) is 0 Å². The molecule has 1 saturated carbocycles. The molecule has 2 aliphatic rings. The summed E-state index contributed by atoms with van der Waals surface area (Å²) >= 11 is 6.45. The van der Waals surface area contributed by atoms with Crippen LogP contribution in [0.2, 0.25) is 5.02 Å². The summed E-state index contributed by atoms with van der Waals surface area (Å²) in [5.41, 5.74) is 0.125. The summed E-state index contributed by atoms with van der Waals surface area (Å²) in [5, 5.41) is 2.66. The van der Waals surface area contributed by atoms with Gasteiger partial charge in [-0.1, -0.05) is 35.9 Å². The van der Waals surface area contributed by atoms with Crippen LogP contribution in [0.4, 0.5) is 29.6 Å². The van der Waals surface area contributed by atoms with Gasteiger partial charge in [0.25, 0.3) is 11.8 Å². The fourth-order valence-corrected chi connectivity index (χ4v) is 4.81. The van der Waals surface area contributed by atoms with Crippen LogP contribution in [0.1, 0.15) is 24.4 Å². The Morgan fingerprint density at radius 3 is 2.49 bits per heavy atom. The SMILES string of the molecule is O=C(NC1CC(F)(F)C1)[C@@H](c1ccccc1Cl)N(C(=O)[C@@H]1COC(=O)N1c1ncccn1)c1cccc(F)c1. The highest BCUT2D eigenvalue weighted by molar-refractivity contribution is 6.31. The molecule has 9 nitrogen and oxygen atoms in total. The van der Waals surface area contributed by atoms with Crippen molar-refractivity contribution in [2.45, 2.75) is 36.9 Å². The van der Waals surface area contributed by atoms with Crippen molar-refractivity contribution in [3.8, 4) is 0 Å². The third-order valence-corrected chi connectivity index (χ3v) is 6.74. The summed E-state index contributed by atoms with van der Waals surface area (Å²) in [6, 6.07) is 8.93. The molecular formula is C26H21ClF3N5O4. The smallest absolute Gasteiger partial charge is 0.417 e. The van der Waals surface area contributed by atoms with Crippen LogP contribution >= 0.6 is 11.6 Å². The highest BCUT2D eigenvalue weighted by Crippen LogP contribution is 2.39. The first-order valence-electron chi connectivity index (χ1n) is 11.9. The van der Waals surface area contributed by atoms with Gasteiger partial charge in [-0.15, -0.1) is 0 Å². The van der Waals surface area contributed by atoms with E-state index in [1.165, 1.54) is 42.7 Å². The third-order valence-electron chi connectivity index (χ3n) is 6.39. The molecule has 2 aromatic carbocycles. The van der Waals surface area contributed by atoms with Gasteiger partial charge in [0.1, 0.15) is 18.5 Å². The molecule has 1 saturated heterocycles. The first kappa shape index (κ1) is 26.4. The van der Waals surface area contributed by atoms with Gasteiger partial charge in [-0.05, 0) is 30.3 Å². The quantitative estimate of drug-likeness (QED) is 0.463. The number of carbonyl (C=O) groups excluding carboxylic acids is 3. The van der Waals surface area contributed by atoms with Gasteiger partial charge in [0, 0.05) is 47.6 Å². The Morgan fingerprint density at radius 1 is 1.10 bits per heavy atom. The number of anilines is 2. The van der Waals surface area contributed by atoms with Gasteiger partial charge in [-0.3, -0.25) is 14.5 Å². The summed E-state index contributed by atoms with van der Waals surface area (Å²) in [4.78, 5) is 50.5. The van der Waals surface area contributed by atoms with E-state index in [-0.39, 0.29) is 22.2 Å². The average Bonchev–Trinajstić information content (AvgIpc) is 3.28. The zero-order valence-corrected chi connectivity index (χ0v) is 20.9. The van der Waals surface area contributed by atoms with Crippen molar-refractivity contribution in [1.29, 1.82) is 0 Å². The van der Waals surface area contributed by atoms with E-state index >= 15 is 0 Å². The zero-order chi connectivity index (χ0) is 27.7. The van der Waals surface area contributed by atoms with Crippen LogP contribution in [0.3, 0.4) is 0 Å². The molecule has 0 spiro atoms. The second kappa shape index (κ2) is 10.5. The molecule has 2 fully saturated rings. The zero-order valence-electron chi connectivity index (χ0n) is 20.1. The topological polar surface area (TPSA) is 105 Å². The van der Waals surface area contributed by atoms with E-state index in [9.17, 15) is 27.6 Å². The van der Waals surface area contributed by atoms with E-state index in [1.54, 1.807) is 12.1 Å². The molecule has 2 atom stereocenters. The van der Waals surface area contributed by atoms with Gasteiger partial charge in [0.15, 0.2) is 6.04 Å². The molecule has 13 heteroatoms. The highest BCUT2D eigenvalue weighted by atomic mass is 35.5. The number of rotatable bonds is 7. The summed E-state index contributed by atoms with van der Waals surface area (Å²) in [6.07, 6.45) is 0.717. The molecule has 3 amide bonds. The third kappa shape index (κ3) is 5.37. The number of amides is 3. The molecule has 1 aromatic heterocycles. The molecule has 202 valence electrons. The van der Waals surface area contributed by atoms with Crippen molar-refractivity contribution < 1.29 is 32.3 Å². The van der Waals surface area contributed by atoms with Crippen LogP contribution in [0, 0.1) is 5.82 Å². The van der Waals surface area contributed by atoms with Crippen LogP contribution in [-0.2, 0) is 14.3 Å². The van der Waals surface area contributed by atoms with Crippen molar-refractivity contribution in [2.75, 3.05) is 16.4 Å². The number of cyclic esters (lactones) is 1. The number of carbonyl (C=O) groups is 3. The van der Waals surface area contributed by atoms with Crippen LogP contribution < -0.4 is 15.1 Å². The number of hydrogen-bond donors (Lipinski definition) is 1. The standard InChI is InChI=1S/C26H21ClF3N5O4/c27-19-8-2-1-7-18(19)21(22(36)33-16-12-26(29,30)13-16)34(17-6-3-5-15(28)11-17)23(37)20-14-39-25(38)35(20)24-31-9-4-10-32-24/h1-11,16,20-21H,12-14H2,(H,33,36)/t20-,21+/m0/s1. The number of nitrogens with zero attached hydrogens (tertiary/aromatic N) is 4. The number of ether oxygens (including phenoxy) is 1. The lowest BCUT2D eigenvalue weighted by molar-refractivity contribution is -0.133. The maximum absolute atomic E-state index is 14.4. The minimum Gasteiger partial charge on any atom is -0.446 e. The van der Waals surface area contributed by atoms with Crippen molar-refractivity contribution >= 4 is 41.1 Å². The van der Waals surface area contributed by atoms with E-state index in [1.807, 2.05) is 0 Å². The Balaban J connectivity index is 1.60. The summed E-state index contributed by atoms with van der Waals surface area (Å²) in [5.74, 6) is -5.38. The second-order valence-corrected chi connectivity index (χ2v) is 9.50. The largest absolute Gasteiger partial charge is 0.446 e. The first-order valence-corrected chi connectivity index (χ1v) is 12.3. The van der Waals surface area contributed by atoms with Gasteiger partial charge < -0.3 is 10.1 Å². The van der Waals surface area contributed by atoms with Crippen LogP contribution in [0.15, 0.2) is 67.0 Å². The Morgan fingerprint density at radius 2 is 1.82 bits per heavy atom. The van der Waals surface area contributed by atoms with Gasteiger partial charge in [-0.25, -0.2) is 32.8 Å². The number of hydrogen-bond acceptors (Lipinski definition) is 6. The maximum Gasteiger partial charge on any atom is 0.417 e. The van der Waals surface area contributed by atoms with Crippen molar-refractivity contribution in [3.05, 3.63) is 83.4 Å². The molecule has 1 aliphatic carbocycles. The molecule has 39 heavy (non-hydrogen) atoms. The fraction of sp³-hybridized carbons (Fsp3) is 0.269. The lowest BCUT2D eigenvalue weighted by atomic mass is 9.87. The lowest BCUT2D eigenvalue weighted by Crippen LogP contribution is -2.56. The first-order chi connectivity index (χ1) is 18.6. The number of halogens is 4. The van der Waals surface area contributed by atoms with E-state index in [0.717, 1.165) is 21.9 Å². The molecule has 0 radical (unpaired) electrons. The maximum atomic E-state index is 14.4. The van der Waals surface area contributed by atoms with Crippen LogP contribution in [0.5, 0.6) is 0 Å². The van der Waals surface area contributed by atoms with Crippen LogP contribution in [0.25, 0.3) is 0 Å². The Hall–Kier alpha value is -4.19. The van der Waals surface area contributed by atoms with Crippen molar-refractivity contribution in [3.63, 3.8) is 0 Å². The van der Waals surface area contributed by atoms with Gasteiger partial charge >= 0.3 is 6.09 Å². The molecular weight excluding hydrogens is 539 g/mol. The Bertz CT molecular complexity index is 1410. The molecule has 0 unspecified atom stereocenters. The summed E-state index contributed by atoms with van der Waals surface area (Å²) < 4.78 is 46.6. The van der Waals surface area contributed by atoms with Gasteiger partial charge in [0.2, 0.25) is 11.9 Å². The second-order valence-electron chi connectivity index (χ2n) is 9.09. The van der Waals surface area contributed by atoms with Crippen LogP contribution in [-0.4, -0.2) is 52.5 Å². The predicted octanol–water partition coefficient (Wildman–Crippen LogP) is 4.28. The van der Waals surface area contributed by atoms with E-state index in [4.69, 9.17) is 16.3 Å². The number of benzene rings is 2. The lowest BCUT2D eigenvalue weighted by Gasteiger charge is -2.39.